The van der Waals surface area contributed by atoms with Crippen LogP contribution in [0.15, 0.2) is 52.4 Å². The summed E-state index contributed by atoms with van der Waals surface area (Å²) in [4.78, 5) is 29.4. The van der Waals surface area contributed by atoms with Crippen LogP contribution >= 0.6 is 11.8 Å². The highest BCUT2D eigenvalue weighted by molar-refractivity contribution is 8.18. The van der Waals surface area contributed by atoms with Crippen molar-refractivity contribution >= 4 is 40.6 Å². The average Bonchev–Trinajstić information content (AvgIpc) is 2.93. The van der Waals surface area contributed by atoms with Gasteiger partial charge in [0.05, 0.1) is 17.9 Å². The number of ether oxygens (including phenoxy) is 1. The van der Waals surface area contributed by atoms with Crippen molar-refractivity contribution in [1.82, 2.24) is 4.90 Å². The Kier molecular flexibility index (Phi) is 6.23. The second-order valence-electron chi connectivity index (χ2n) is 6.42. The molecule has 2 aromatic rings. The minimum Gasteiger partial charge on any atom is -0.506 e. The molecule has 29 heavy (non-hydrogen) atoms. The van der Waals surface area contributed by atoms with Crippen molar-refractivity contribution in [2.24, 2.45) is 4.99 Å². The lowest BCUT2D eigenvalue weighted by molar-refractivity contribution is -0.137. The number of amidine groups is 1. The lowest BCUT2D eigenvalue weighted by Gasteiger charge is -2.08. The summed E-state index contributed by atoms with van der Waals surface area (Å²) in [6, 6.07) is 12.2. The van der Waals surface area contributed by atoms with E-state index in [1.54, 1.807) is 49.5 Å². The van der Waals surface area contributed by atoms with Crippen molar-refractivity contribution in [2.75, 3.05) is 13.7 Å². The van der Waals surface area contributed by atoms with Crippen LogP contribution in [0.1, 0.15) is 17.5 Å². The summed E-state index contributed by atoms with van der Waals surface area (Å²) in [5, 5.41) is 19.2. The van der Waals surface area contributed by atoms with Gasteiger partial charge in [-0.05, 0) is 60.2 Å². The van der Waals surface area contributed by atoms with E-state index in [0.717, 1.165) is 11.1 Å². The van der Waals surface area contributed by atoms with Crippen LogP contribution in [-0.4, -0.2) is 45.8 Å². The molecule has 0 unspecified atom stereocenters. The lowest BCUT2D eigenvalue weighted by atomic mass is 10.2. The number of benzene rings is 2. The predicted octanol–water partition coefficient (Wildman–Crippen LogP) is 3.79. The Morgan fingerprint density at radius 2 is 1.97 bits per heavy atom. The molecule has 0 atom stereocenters. The molecule has 8 heteroatoms. The number of phenolic OH excluding ortho intramolecular Hbond substituents is 1. The molecule has 0 radical (unpaired) electrons. The van der Waals surface area contributed by atoms with Crippen LogP contribution in [-0.2, 0) is 9.59 Å². The number of aliphatic carboxylic acids is 1. The molecule has 1 saturated heterocycles. The van der Waals surface area contributed by atoms with Gasteiger partial charge in [0.15, 0.2) is 5.17 Å². The third-order valence-corrected chi connectivity index (χ3v) is 5.17. The molecular formula is C21H20N2O5S. The number of carbonyl (C=O) groups excluding carboxylic acids is 1. The summed E-state index contributed by atoms with van der Waals surface area (Å²) in [6.45, 7) is 1.97. The van der Waals surface area contributed by atoms with E-state index in [4.69, 9.17) is 9.84 Å². The van der Waals surface area contributed by atoms with Crippen LogP contribution in [0.3, 0.4) is 0 Å². The molecule has 150 valence electrons. The van der Waals surface area contributed by atoms with Crippen molar-refractivity contribution in [1.29, 1.82) is 0 Å². The molecule has 7 nitrogen and oxygen atoms in total. The number of amides is 1. The molecule has 0 bridgehead atoms. The fraction of sp³-hybridized carbons (Fsp3) is 0.190. The number of carboxylic acid groups (broad SMARTS) is 1. The number of aliphatic imine (C=N–C) groups is 1. The second kappa shape index (κ2) is 8.83. The standard InChI is InChI=1S/C21H20N2O5S/c1-13-3-8-16(17(24)11-13)22-21-23(2)20(27)18(29-21)12-14-4-6-15(7-5-14)28-10-9-19(25)26/h3-8,11-12,24H,9-10H2,1-2H3,(H,25,26)/b18-12-,22-21?. The van der Waals surface area contributed by atoms with Crippen LogP contribution in [0.2, 0.25) is 0 Å². The van der Waals surface area contributed by atoms with E-state index >= 15 is 0 Å². The first-order chi connectivity index (χ1) is 13.8. The van der Waals surface area contributed by atoms with E-state index in [0.29, 0.717) is 21.5 Å². The number of nitrogens with zero attached hydrogens (tertiary/aromatic N) is 2. The summed E-state index contributed by atoms with van der Waals surface area (Å²) >= 11 is 1.23. The Morgan fingerprint density at radius 3 is 2.62 bits per heavy atom. The summed E-state index contributed by atoms with van der Waals surface area (Å²) < 4.78 is 5.36. The van der Waals surface area contributed by atoms with Crippen molar-refractivity contribution in [3.63, 3.8) is 0 Å². The molecule has 1 heterocycles. The fourth-order valence-electron chi connectivity index (χ4n) is 2.55. The Labute approximate surface area is 172 Å². The van der Waals surface area contributed by atoms with Gasteiger partial charge < -0.3 is 14.9 Å². The first-order valence-corrected chi connectivity index (χ1v) is 9.65. The molecule has 3 rings (SSSR count). The minimum atomic E-state index is -0.913. The summed E-state index contributed by atoms with van der Waals surface area (Å²) in [7, 11) is 1.64. The Hall–Kier alpha value is -3.26. The zero-order valence-electron chi connectivity index (χ0n) is 16.0. The number of carbonyl (C=O) groups is 2. The number of aromatic hydroxyl groups is 1. The SMILES string of the molecule is Cc1ccc(N=C2S/C(=C\c3ccc(OCCC(=O)O)cc3)C(=O)N2C)c(O)c1. The van der Waals surface area contributed by atoms with Gasteiger partial charge in [0.2, 0.25) is 0 Å². The van der Waals surface area contributed by atoms with Crippen LogP contribution in [0.5, 0.6) is 11.5 Å². The number of rotatable bonds is 6. The van der Waals surface area contributed by atoms with Crippen LogP contribution in [0, 0.1) is 6.92 Å². The van der Waals surface area contributed by atoms with Crippen molar-refractivity contribution < 1.29 is 24.5 Å². The Bertz CT molecular complexity index is 999. The first kappa shape index (κ1) is 20.5. The predicted molar refractivity (Wildman–Crippen MR) is 112 cm³/mol. The van der Waals surface area contributed by atoms with Gasteiger partial charge >= 0.3 is 5.97 Å². The third kappa shape index (κ3) is 5.17. The lowest BCUT2D eigenvalue weighted by Crippen LogP contribution is -2.23. The highest BCUT2D eigenvalue weighted by atomic mass is 32.2. The van der Waals surface area contributed by atoms with Crippen molar-refractivity contribution in [3.8, 4) is 11.5 Å². The maximum atomic E-state index is 12.5. The molecule has 1 aliphatic heterocycles. The smallest absolute Gasteiger partial charge is 0.306 e. The fourth-order valence-corrected chi connectivity index (χ4v) is 3.53. The molecule has 1 fully saturated rings. The highest BCUT2D eigenvalue weighted by Crippen LogP contribution is 2.35. The van der Waals surface area contributed by atoms with E-state index < -0.39 is 5.97 Å². The third-order valence-electron chi connectivity index (χ3n) is 4.11. The summed E-state index contributed by atoms with van der Waals surface area (Å²) in [5.41, 5.74) is 2.13. The van der Waals surface area contributed by atoms with E-state index in [1.165, 1.54) is 16.7 Å². The Morgan fingerprint density at radius 1 is 1.24 bits per heavy atom. The maximum absolute atomic E-state index is 12.5. The summed E-state index contributed by atoms with van der Waals surface area (Å²) in [5.74, 6) is -0.464. The van der Waals surface area contributed by atoms with Gasteiger partial charge in [0, 0.05) is 7.05 Å². The molecule has 0 saturated carbocycles. The van der Waals surface area contributed by atoms with Crippen molar-refractivity contribution in [3.05, 3.63) is 58.5 Å². The first-order valence-electron chi connectivity index (χ1n) is 8.84. The quantitative estimate of drug-likeness (QED) is 0.701. The molecular weight excluding hydrogens is 392 g/mol. The average molecular weight is 412 g/mol. The molecule has 0 spiro atoms. The van der Waals surface area contributed by atoms with Crippen LogP contribution < -0.4 is 4.74 Å². The van der Waals surface area contributed by atoms with Crippen molar-refractivity contribution in [2.45, 2.75) is 13.3 Å². The molecule has 2 aromatic carbocycles. The molecule has 2 N–H and O–H groups in total. The monoisotopic (exact) mass is 412 g/mol. The van der Waals surface area contributed by atoms with Gasteiger partial charge in [-0.2, -0.15) is 0 Å². The number of likely N-dealkylation sites (N-methyl/N-ethyl adjacent to an activating group) is 1. The molecule has 1 amide bonds. The number of thioether (sulfide) groups is 1. The number of hydrogen-bond donors (Lipinski definition) is 2. The normalized spacial score (nSPS) is 16.6. The molecule has 1 aliphatic rings. The second-order valence-corrected chi connectivity index (χ2v) is 7.43. The minimum absolute atomic E-state index is 0.0647. The van der Waals surface area contributed by atoms with Gasteiger partial charge in [-0.15, -0.1) is 0 Å². The molecule has 0 aromatic heterocycles. The van der Waals surface area contributed by atoms with E-state index in [1.807, 2.05) is 13.0 Å². The highest BCUT2D eigenvalue weighted by Gasteiger charge is 2.30. The van der Waals surface area contributed by atoms with E-state index in [2.05, 4.69) is 4.99 Å². The Balaban J connectivity index is 1.74. The number of phenols is 1. The van der Waals surface area contributed by atoms with Gasteiger partial charge in [-0.1, -0.05) is 18.2 Å². The number of hydrogen-bond acceptors (Lipinski definition) is 6. The van der Waals surface area contributed by atoms with Gasteiger partial charge in [0.25, 0.3) is 5.91 Å². The van der Waals surface area contributed by atoms with E-state index in [-0.39, 0.29) is 24.7 Å². The number of aryl methyl sites for hydroxylation is 1. The molecule has 0 aliphatic carbocycles. The zero-order chi connectivity index (χ0) is 21.0. The van der Waals surface area contributed by atoms with Gasteiger partial charge in [-0.25, -0.2) is 4.99 Å². The van der Waals surface area contributed by atoms with E-state index in [9.17, 15) is 14.7 Å². The van der Waals surface area contributed by atoms with Crippen LogP contribution in [0.4, 0.5) is 5.69 Å². The maximum Gasteiger partial charge on any atom is 0.306 e. The van der Waals surface area contributed by atoms with Crippen LogP contribution in [0.25, 0.3) is 6.08 Å². The van der Waals surface area contributed by atoms with Gasteiger partial charge in [-0.3, -0.25) is 14.5 Å². The van der Waals surface area contributed by atoms with Gasteiger partial charge in [0.1, 0.15) is 17.2 Å². The largest absolute Gasteiger partial charge is 0.506 e. The number of carboxylic acids is 1. The zero-order valence-corrected chi connectivity index (χ0v) is 16.8. The topological polar surface area (TPSA) is 99.4 Å². The summed E-state index contributed by atoms with van der Waals surface area (Å²) in [6.07, 6.45) is 1.68.